The summed E-state index contributed by atoms with van der Waals surface area (Å²) in [5, 5.41) is 11.5. The van der Waals surface area contributed by atoms with Crippen LogP contribution in [0.25, 0.3) is 11.0 Å². The molecular formula is C16H20ClN7O. The predicted molar refractivity (Wildman–Crippen MR) is 95.2 cm³/mol. The van der Waals surface area contributed by atoms with E-state index < -0.39 is 0 Å². The minimum Gasteiger partial charge on any atom is -0.340 e. The van der Waals surface area contributed by atoms with E-state index >= 15 is 0 Å². The normalized spacial score (nSPS) is 12.3. The zero-order chi connectivity index (χ0) is 18.0. The van der Waals surface area contributed by atoms with Crippen molar-refractivity contribution in [2.45, 2.75) is 33.0 Å². The lowest BCUT2D eigenvalue weighted by atomic mass is 10.3. The Labute approximate surface area is 150 Å². The summed E-state index contributed by atoms with van der Waals surface area (Å²) >= 11 is 5.98. The van der Waals surface area contributed by atoms with Crippen LogP contribution in [0.1, 0.15) is 31.5 Å². The largest absolute Gasteiger partial charge is 0.340 e. The number of hydrogen-bond donors (Lipinski definition) is 2. The third kappa shape index (κ3) is 3.74. The van der Waals surface area contributed by atoms with Gasteiger partial charge in [0, 0.05) is 18.6 Å². The van der Waals surface area contributed by atoms with Crippen LogP contribution < -0.4 is 5.32 Å². The van der Waals surface area contributed by atoms with Crippen LogP contribution in [0.5, 0.6) is 0 Å². The first kappa shape index (κ1) is 17.2. The first-order valence-electron chi connectivity index (χ1n) is 8.01. The molecule has 132 valence electrons. The van der Waals surface area contributed by atoms with E-state index in [0.29, 0.717) is 17.4 Å². The van der Waals surface area contributed by atoms with E-state index in [2.05, 4.69) is 25.5 Å². The van der Waals surface area contributed by atoms with Crippen LogP contribution in [0.4, 0.5) is 4.79 Å². The second kappa shape index (κ2) is 7.10. The molecule has 1 unspecified atom stereocenters. The minimum atomic E-state index is -0.244. The highest BCUT2D eigenvalue weighted by Gasteiger charge is 2.18. The van der Waals surface area contributed by atoms with Crippen LogP contribution in [0.2, 0.25) is 5.02 Å². The van der Waals surface area contributed by atoms with E-state index in [-0.39, 0.29) is 12.1 Å². The minimum absolute atomic E-state index is 0.211. The van der Waals surface area contributed by atoms with Crippen molar-refractivity contribution in [1.82, 2.24) is 34.9 Å². The molecule has 0 saturated heterocycles. The van der Waals surface area contributed by atoms with Gasteiger partial charge in [-0.25, -0.2) is 9.78 Å². The molecule has 3 aromatic rings. The molecule has 0 bridgehead atoms. The van der Waals surface area contributed by atoms with Gasteiger partial charge in [-0.1, -0.05) is 11.6 Å². The number of hydrogen-bond acceptors (Lipinski definition) is 4. The number of nitrogens with zero attached hydrogens (tertiary/aromatic N) is 5. The molecule has 0 aliphatic carbocycles. The van der Waals surface area contributed by atoms with Crippen molar-refractivity contribution >= 4 is 28.7 Å². The third-order valence-electron chi connectivity index (χ3n) is 3.94. The van der Waals surface area contributed by atoms with Gasteiger partial charge < -0.3 is 19.8 Å². The predicted octanol–water partition coefficient (Wildman–Crippen LogP) is 2.73. The summed E-state index contributed by atoms with van der Waals surface area (Å²) in [6.07, 6.45) is 1.65. The molecule has 25 heavy (non-hydrogen) atoms. The summed E-state index contributed by atoms with van der Waals surface area (Å²) in [5.41, 5.74) is 1.67. The van der Waals surface area contributed by atoms with Crippen molar-refractivity contribution in [3.8, 4) is 0 Å². The van der Waals surface area contributed by atoms with E-state index in [1.807, 2.05) is 30.5 Å². The maximum absolute atomic E-state index is 12.4. The van der Waals surface area contributed by atoms with Crippen molar-refractivity contribution in [2.75, 3.05) is 7.05 Å². The second-order valence-corrected chi connectivity index (χ2v) is 6.28. The van der Waals surface area contributed by atoms with E-state index in [9.17, 15) is 4.79 Å². The first-order valence-corrected chi connectivity index (χ1v) is 8.39. The molecule has 2 aromatic heterocycles. The van der Waals surface area contributed by atoms with Crippen LogP contribution in [-0.4, -0.2) is 42.7 Å². The molecule has 2 heterocycles. The Morgan fingerprint density at radius 2 is 2.28 bits per heavy atom. The Bertz CT molecular complexity index is 888. The van der Waals surface area contributed by atoms with Crippen molar-refractivity contribution in [1.29, 1.82) is 0 Å². The molecule has 0 radical (unpaired) electrons. The lowest BCUT2D eigenvalue weighted by Crippen LogP contribution is -2.39. The van der Waals surface area contributed by atoms with Crippen molar-refractivity contribution < 1.29 is 4.79 Å². The number of carbonyl (C=O) groups is 1. The highest BCUT2D eigenvalue weighted by molar-refractivity contribution is 6.31. The van der Waals surface area contributed by atoms with Crippen LogP contribution >= 0.6 is 11.6 Å². The van der Waals surface area contributed by atoms with Crippen molar-refractivity contribution in [2.24, 2.45) is 0 Å². The van der Waals surface area contributed by atoms with Gasteiger partial charge in [-0.3, -0.25) is 0 Å². The quantitative estimate of drug-likeness (QED) is 0.730. The Balaban J connectivity index is 1.65. The third-order valence-corrected chi connectivity index (χ3v) is 4.18. The summed E-state index contributed by atoms with van der Waals surface area (Å²) in [5.74, 6) is 1.42. The lowest BCUT2D eigenvalue weighted by molar-refractivity contribution is 0.202. The smallest absolute Gasteiger partial charge is 0.318 e. The first-order chi connectivity index (χ1) is 12.0. The lowest BCUT2D eigenvalue weighted by Gasteiger charge is -2.20. The molecular weight excluding hydrogens is 342 g/mol. The maximum atomic E-state index is 12.4. The number of amides is 2. The van der Waals surface area contributed by atoms with E-state index in [1.165, 1.54) is 0 Å². The van der Waals surface area contributed by atoms with Gasteiger partial charge >= 0.3 is 6.03 Å². The number of imidazole rings is 1. The van der Waals surface area contributed by atoms with Crippen LogP contribution in [0, 0.1) is 0 Å². The monoisotopic (exact) mass is 361 g/mol. The Kier molecular flexibility index (Phi) is 4.89. The summed E-state index contributed by atoms with van der Waals surface area (Å²) in [6, 6.07) is 4.99. The van der Waals surface area contributed by atoms with Gasteiger partial charge in [0.1, 0.15) is 12.2 Å². The van der Waals surface area contributed by atoms with E-state index in [1.54, 1.807) is 24.3 Å². The fraction of sp³-hybridized carbons (Fsp3) is 0.375. The van der Waals surface area contributed by atoms with Gasteiger partial charge in [0.2, 0.25) is 0 Å². The summed E-state index contributed by atoms with van der Waals surface area (Å²) in [6.45, 7) is 4.98. The summed E-state index contributed by atoms with van der Waals surface area (Å²) in [4.78, 5) is 21.6. The van der Waals surface area contributed by atoms with E-state index in [4.69, 9.17) is 11.6 Å². The van der Waals surface area contributed by atoms with Gasteiger partial charge in [-0.05, 0) is 32.0 Å². The number of rotatable bonds is 5. The zero-order valence-corrected chi connectivity index (χ0v) is 15.1. The number of H-pyrrole nitrogens is 1. The van der Waals surface area contributed by atoms with Crippen molar-refractivity contribution in [3.63, 3.8) is 0 Å². The average Bonchev–Trinajstić information content (AvgIpc) is 3.19. The molecule has 0 aliphatic heterocycles. The highest BCUT2D eigenvalue weighted by atomic mass is 35.5. The van der Waals surface area contributed by atoms with Gasteiger partial charge in [0.25, 0.3) is 0 Å². The van der Waals surface area contributed by atoms with Crippen molar-refractivity contribution in [3.05, 3.63) is 41.2 Å². The van der Waals surface area contributed by atoms with Gasteiger partial charge in [0.05, 0.1) is 23.6 Å². The molecule has 3 rings (SSSR count). The number of urea groups is 1. The average molecular weight is 362 g/mol. The molecule has 9 heteroatoms. The van der Waals surface area contributed by atoms with E-state index in [0.717, 1.165) is 23.4 Å². The number of nitrogens with one attached hydrogen (secondary N) is 2. The number of halogens is 1. The summed E-state index contributed by atoms with van der Waals surface area (Å²) in [7, 11) is 1.72. The molecule has 0 spiro atoms. The molecule has 1 aromatic carbocycles. The second-order valence-electron chi connectivity index (χ2n) is 5.85. The molecule has 2 N–H and O–H groups in total. The maximum Gasteiger partial charge on any atom is 0.318 e. The number of aryl methyl sites for hydroxylation is 1. The number of aromatic nitrogens is 5. The zero-order valence-electron chi connectivity index (χ0n) is 14.3. The number of benzene rings is 1. The van der Waals surface area contributed by atoms with Gasteiger partial charge in [0.15, 0.2) is 5.82 Å². The molecule has 0 fully saturated rings. The number of fused-ring (bicyclic) bond motifs is 1. The van der Waals surface area contributed by atoms with Crippen LogP contribution in [0.3, 0.4) is 0 Å². The fourth-order valence-electron chi connectivity index (χ4n) is 2.61. The summed E-state index contributed by atoms with van der Waals surface area (Å²) < 4.78 is 1.90. The SMILES string of the molecule is CCn1cnnc1C(C)NC(=O)N(C)Cc1nc2ccc(Cl)cc2[nH]1. The Morgan fingerprint density at radius 3 is 3.04 bits per heavy atom. The molecule has 0 saturated carbocycles. The number of aromatic amines is 1. The van der Waals surface area contributed by atoms with Crippen LogP contribution in [-0.2, 0) is 13.1 Å². The molecule has 8 nitrogen and oxygen atoms in total. The van der Waals surface area contributed by atoms with Crippen LogP contribution in [0.15, 0.2) is 24.5 Å². The molecule has 0 aliphatic rings. The molecule has 1 atom stereocenters. The molecule has 2 amide bonds. The standard InChI is InChI=1S/C16H20ClN7O/c1-4-24-9-18-22-15(24)10(2)19-16(25)23(3)8-14-20-12-6-5-11(17)7-13(12)21-14/h5-7,9-10H,4,8H2,1-3H3,(H,19,25)(H,20,21). The fourth-order valence-corrected chi connectivity index (χ4v) is 2.78. The Morgan fingerprint density at radius 1 is 1.48 bits per heavy atom. The number of carbonyl (C=O) groups excluding carboxylic acids is 1. The Hall–Kier alpha value is -2.61. The highest BCUT2D eigenvalue weighted by Crippen LogP contribution is 2.18. The topological polar surface area (TPSA) is 91.7 Å². The van der Waals surface area contributed by atoms with Gasteiger partial charge in [-0.15, -0.1) is 10.2 Å². The van der Waals surface area contributed by atoms with Gasteiger partial charge in [-0.2, -0.15) is 0 Å².